The van der Waals surface area contributed by atoms with Crippen LogP contribution in [0.15, 0.2) is 0 Å². The highest BCUT2D eigenvalue weighted by atomic mass is 14.6. The summed E-state index contributed by atoms with van der Waals surface area (Å²) in [6.45, 7) is 11.9. The maximum atomic E-state index is 2.41. The van der Waals surface area contributed by atoms with Gasteiger partial charge in [0, 0.05) is 0 Å². The van der Waals surface area contributed by atoms with Gasteiger partial charge in [-0.05, 0) is 29.6 Å². The van der Waals surface area contributed by atoms with Crippen LogP contribution in [0.4, 0.5) is 0 Å². The SMILES string of the molecule is CCC(C)C1(C(C)(C)C)CC1. The van der Waals surface area contributed by atoms with Gasteiger partial charge in [0.25, 0.3) is 0 Å². The normalized spacial score (nSPS) is 24.8. The summed E-state index contributed by atoms with van der Waals surface area (Å²) in [4.78, 5) is 0. The molecule has 0 bridgehead atoms. The van der Waals surface area contributed by atoms with Gasteiger partial charge in [0.05, 0.1) is 0 Å². The standard InChI is InChI=1S/C11H22/c1-6-9(2)11(7-8-11)10(3,4)5/h9H,6-8H2,1-5H3. The lowest BCUT2D eigenvalue weighted by Crippen LogP contribution is -2.28. The molecule has 0 heterocycles. The predicted octanol–water partition coefficient (Wildman–Crippen LogP) is 3.86. The Morgan fingerprint density at radius 1 is 1.27 bits per heavy atom. The van der Waals surface area contributed by atoms with Crippen LogP contribution in [0, 0.1) is 16.7 Å². The van der Waals surface area contributed by atoms with E-state index >= 15 is 0 Å². The highest BCUT2D eigenvalue weighted by Gasteiger charge is 2.54. The van der Waals surface area contributed by atoms with Gasteiger partial charge in [0.15, 0.2) is 0 Å². The van der Waals surface area contributed by atoms with Crippen molar-refractivity contribution >= 4 is 0 Å². The summed E-state index contributed by atoms with van der Waals surface area (Å²) in [6.07, 6.45) is 4.27. The van der Waals surface area contributed by atoms with Crippen molar-refractivity contribution in [3.63, 3.8) is 0 Å². The molecule has 0 heteroatoms. The van der Waals surface area contributed by atoms with Crippen LogP contribution in [0.1, 0.15) is 53.9 Å². The van der Waals surface area contributed by atoms with Crippen LogP contribution in [0.2, 0.25) is 0 Å². The third-order valence-corrected chi connectivity index (χ3v) is 3.84. The fraction of sp³-hybridized carbons (Fsp3) is 1.00. The second kappa shape index (κ2) is 2.50. The Morgan fingerprint density at radius 2 is 1.73 bits per heavy atom. The molecule has 1 rings (SSSR count). The molecule has 1 aliphatic rings. The predicted molar refractivity (Wildman–Crippen MR) is 50.6 cm³/mol. The van der Waals surface area contributed by atoms with Gasteiger partial charge in [-0.15, -0.1) is 0 Å². The van der Waals surface area contributed by atoms with Crippen molar-refractivity contribution in [1.29, 1.82) is 0 Å². The van der Waals surface area contributed by atoms with Gasteiger partial charge in [-0.1, -0.05) is 41.0 Å². The van der Waals surface area contributed by atoms with E-state index in [1.54, 1.807) is 0 Å². The van der Waals surface area contributed by atoms with Crippen LogP contribution in [-0.2, 0) is 0 Å². The molecule has 0 N–H and O–H groups in total. The molecule has 0 aromatic carbocycles. The number of rotatable bonds is 2. The lowest BCUT2D eigenvalue weighted by atomic mass is 9.69. The molecule has 1 saturated carbocycles. The van der Waals surface area contributed by atoms with Crippen molar-refractivity contribution in [2.75, 3.05) is 0 Å². The summed E-state index contributed by atoms with van der Waals surface area (Å²) in [5.74, 6) is 0.919. The highest BCUT2D eigenvalue weighted by molar-refractivity contribution is 5.03. The van der Waals surface area contributed by atoms with E-state index in [2.05, 4.69) is 34.6 Å². The summed E-state index contributed by atoms with van der Waals surface area (Å²) in [6, 6.07) is 0. The molecule has 0 nitrogen and oxygen atoms in total. The third kappa shape index (κ3) is 1.32. The molecule has 0 amide bonds. The highest BCUT2D eigenvalue weighted by Crippen LogP contribution is 2.63. The molecular weight excluding hydrogens is 132 g/mol. The van der Waals surface area contributed by atoms with E-state index in [1.807, 2.05) is 0 Å². The summed E-state index contributed by atoms with van der Waals surface area (Å²) < 4.78 is 0. The summed E-state index contributed by atoms with van der Waals surface area (Å²) in [5.41, 5.74) is 1.23. The first-order chi connectivity index (χ1) is 4.94. The van der Waals surface area contributed by atoms with Gasteiger partial charge in [-0.3, -0.25) is 0 Å². The Bertz CT molecular complexity index is 135. The van der Waals surface area contributed by atoms with E-state index in [0.29, 0.717) is 10.8 Å². The average Bonchev–Trinajstić information content (AvgIpc) is 2.63. The van der Waals surface area contributed by atoms with Gasteiger partial charge in [-0.25, -0.2) is 0 Å². The topological polar surface area (TPSA) is 0 Å². The molecule has 1 atom stereocenters. The minimum absolute atomic E-state index is 0.530. The lowest BCUT2D eigenvalue weighted by Gasteiger charge is -2.35. The molecule has 66 valence electrons. The first-order valence-corrected chi connectivity index (χ1v) is 4.94. The molecule has 1 unspecified atom stereocenters. The minimum Gasteiger partial charge on any atom is -0.0651 e. The maximum absolute atomic E-state index is 2.41. The summed E-state index contributed by atoms with van der Waals surface area (Å²) in [7, 11) is 0. The van der Waals surface area contributed by atoms with E-state index in [1.165, 1.54) is 19.3 Å². The number of hydrogen-bond acceptors (Lipinski definition) is 0. The fourth-order valence-electron chi connectivity index (χ4n) is 2.51. The van der Waals surface area contributed by atoms with Crippen molar-refractivity contribution in [2.45, 2.75) is 53.9 Å². The third-order valence-electron chi connectivity index (χ3n) is 3.84. The Kier molecular flexibility index (Phi) is 2.07. The first-order valence-electron chi connectivity index (χ1n) is 4.94. The molecule has 0 aromatic heterocycles. The van der Waals surface area contributed by atoms with E-state index < -0.39 is 0 Å². The smallest absolute Gasteiger partial charge is 0.0223 e. The van der Waals surface area contributed by atoms with Crippen molar-refractivity contribution in [3.8, 4) is 0 Å². The first kappa shape index (κ1) is 9.09. The Morgan fingerprint density at radius 3 is 1.82 bits per heavy atom. The van der Waals surface area contributed by atoms with E-state index in [9.17, 15) is 0 Å². The maximum Gasteiger partial charge on any atom is -0.0223 e. The van der Waals surface area contributed by atoms with Crippen LogP contribution in [0.3, 0.4) is 0 Å². The monoisotopic (exact) mass is 154 g/mol. The van der Waals surface area contributed by atoms with E-state index in [4.69, 9.17) is 0 Å². The molecule has 1 aliphatic carbocycles. The quantitative estimate of drug-likeness (QED) is 0.566. The second-order valence-corrected chi connectivity index (χ2v) is 5.22. The van der Waals surface area contributed by atoms with E-state index in [-0.39, 0.29) is 0 Å². The molecule has 0 spiro atoms. The van der Waals surface area contributed by atoms with Gasteiger partial charge >= 0.3 is 0 Å². The molecule has 0 saturated heterocycles. The zero-order valence-corrected chi connectivity index (χ0v) is 8.70. The van der Waals surface area contributed by atoms with Crippen LogP contribution < -0.4 is 0 Å². The Balaban J connectivity index is 2.68. The Labute approximate surface area is 71.4 Å². The molecule has 11 heavy (non-hydrogen) atoms. The van der Waals surface area contributed by atoms with Crippen LogP contribution in [0.25, 0.3) is 0 Å². The van der Waals surface area contributed by atoms with Gasteiger partial charge in [0.1, 0.15) is 0 Å². The molecule has 0 aromatic rings. The average molecular weight is 154 g/mol. The van der Waals surface area contributed by atoms with Gasteiger partial charge in [0.2, 0.25) is 0 Å². The Hall–Kier alpha value is 0. The summed E-state index contributed by atoms with van der Waals surface area (Å²) in [5, 5.41) is 0. The van der Waals surface area contributed by atoms with Crippen LogP contribution in [-0.4, -0.2) is 0 Å². The van der Waals surface area contributed by atoms with Crippen molar-refractivity contribution in [1.82, 2.24) is 0 Å². The minimum atomic E-state index is 0.530. The van der Waals surface area contributed by atoms with E-state index in [0.717, 1.165) is 5.92 Å². The second-order valence-electron chi connectivity index (χ2n) is 5.22. The summed E-state index contributed by atoms with van der Waals surface area (Å²) >= 11 is 0. The zero-order valence-electron chi connectivity index (χ0n) is 8.70. The molecule has 0 aliphatic heterocycles. The van der Waals surface area contributed by atoms with Gasteiger partial charge < -0.3 is 0 Å². The van der Waals surface area contributed by atoms with Crippen molar-refractivity contribution in [3.05, 3.63) is 0 Å². The van der Waals surface area contributed by atoms with Gasteiger partial charge in [-0.2, -0.15) is 0 Å². The van der Waals surface area contributed by atoms with Crippen LogP contribution >= 0.6 is 0 Å². The lowest BCUT2D eigenvalue weighted by molar-refractivity contribution is 0.136. The largest absolute Gasteiger partial charge is 0.0651 e. The fourth-order valence-corrected chi connectivity index (χ4v) is 2.51. The van der Waals surface area contributed by atoms with Crippen LogP contribution in [0.5, 0.6) is 0 Å². The van der Waals surface area contributed by atoms with Crippen molar-refractivity contribution in [2.24, 2.45) is 16.7 Å². The molecule has 1 fully saturated rings. The zero-order chi connectivity index (χ0) is 8.70. The molecule has 0 radical (unpaired) electrons. The molecular formula is C11H22. The number of hydrogen-bond donors (Lipinski definition) is 0. The van der Waals surface area contributed by atoms with Crippen molar-refractivity contribution < 1.29 is 0 Å².